The summed E-state index contributed by atoms with van der Waals surface area (Å²) < 4.78 is 0. The zero-order valence-electron chi connectivity index (χ0n) is 9.83. The van der Waals surface area contributed by atoms with E-state index in [2.05, 4.69) is 19.9 Å². The molecule has 1 nitrogen and oxygen atoms in total. The summed E-state index contributed by atoms with van der Waals surface area (Å²) >= 11 is 1.70. The van der Waals surface area contributed by atoms with Gasteiger partial charge in [0.2, 0.25) is 0 Å². The Labute approximate surface area is 96.3 Å². The lowest BCUT2D eigenvalue weighted by Crippen LogP contribution is -2.06. The van der Waals surface area contributed by atoms with Gasteiger partial charge in [-0.05, 0) is 24.7 Å². The predicted molar refractivity (Wildman–Crippen MR) is 67.8 cm³/mol. The largest absolute Gasteiger partial charge is 0.293 e. The Morgan fingerprint density at radius 1 is 1.33 bits per heavy atom. The van der Waals surface area contributed by atoms with Crippen LogP contribution < -0.4 is 0 Å². The summed E-state index contributed by atoms with van der Waals surface area (Å²) in [6.07, 6.45) is 0. The summed E-state index contributed by atoms with van der Waals surface area (Å²) in [5, 5.41) is 0.514. The van der Waals surface area contributed by atoms with Crippen molar-refractivity contribution in [1.29, 1.82) is 0 Å². The van der Waals surface area contributed by atoms with Gasteiger partial charge in [0.1, 0.15) is 0 Å². The van der Waals surface area contributed by atoms with Crippen molar-refractivity contribution in [3.8, 4) is 0 Å². The van der Waals surface area contributed by atoms with E-state index < -0.39 is 0 Å². The minimum Gasteiger partial charge on any atom is -0.293 e. The second kappa shape index (κ2) is 5.36. The van der Waals surface area contributed by atoms with Crippen LogP contribution in [0.2, 0.25) is 0 Å². The molecule has 0 aliphatic rings. The van der Waals surface area contributed by atoms with Gasteiger partial charge in [0.15, 0.2) is 5.78 Å². The fourth-order valence-corrected chi connectivity index (χ4v) is 2.09. The van der Waals surface area contributed by atoms with Crippen LogP contribution in [0.15, 0.2) is 18.2 Å². The average molecular weight is 222 g/mol. The van der Waals surface area contributed by atoms with Crippen molar-refractivity contribution in [2.45, 2.75) is 32.9 Å². The first-order valence-corrected chi connectivity index (χ1v) is 6.27. The molecule has 0 radical (unpaired) electrons. The molecule has 1 aromatic rings. The average Bonchev–Trinajstić information content (AvgIpc) is 2.14. The highest BCUT2D eigenvalue weighted by molar-refractivity contribution is 8.00. The van der Waals surface area contributed by atoms with Gasteiger partial charge in [0, 0.05) is 5.56 Å². The molecule has 0 aromatic heterocycles. The number of rotatable bonds is 4. The highest BCUT2D eigenvalue weighted by Crippen LogP contribution is 2.16. The summed E-state index contributed by atoms with van der Waals surface area (Å²) in [7, 11) is 0. The smallest absolute Gasteiger partial charge is 0.172 e. The Balaban J connectivity index is 2.74. The molecule has 0 bridgehead atoms. The molecular weight excluding hydrogens is 204 g/mol. The Morgan fingerprint density at radius 3 is 2.53 bits per heavy atom. The second-order valence-corrected chi connectivity index (χ2v) is 5.67. The number of aryl methyl sites for hydroxylation is 2. The topological polar surface area (TPSA) is 17.1 Å². The summed E-state index contributed by atoms with van der Waals surface area (Å²) in [5.41, 5.74) is 3.17. The first kappa shape index (κ1) is 12.3. The van der Waals surface area contributed by atoms with Crippen LogP contribution >= 0.6 is 11.8 Å². The minimum atomic E-state index is 0.242. The summed E-state index contributed by atoms with van der Waals surface area (Å²) in [6, 6.07) is 6.00. The van der Waals surface area contributed by atoms with Gasteiger partial charge in [-0.3, -0.25) is 4.79 Å². The molecule has 0 atom stereocenters. The lowest BCUT2D eigenvalue weighted by molar-refractivity contribution is 0.102. The van der Waals surface area contributed by atoms with Gasteiger partial charge in [-0.2, -0.15) is 11.8 Å². The van der Waals surface area contributed by atoms with E-state index in [1.165, 1.54) is 5.56 Å². The van der Waals surface area contributed by atoms with Gasteiger partial charge in [-0.15, -0.1) is 0 Å². The molecule has 0 saturated carbocycles. The maximum Gasteiger partial charge on any atom is 0.172 e. The van der Waals surface area contributed by atoms with Crippen molar-refractivity contribution < 1.29 is 4.79 Å². The number of Topliss-reactive ketones (excluding diaryl/α,β-unsaturated/α-hetero) is 1. The summed E-state index contributed by atoms with van der Waals surface area (Å²) in [4.78, 5) is 11.9. The van der Waals surface area contributed by atoms with Gasteiger partial charge >= 0.3 is 0 Å². The fourth-order valence-electron chi connectivity index (χ4n) is 1.45. The fraction of sp³-hybridized carbons (Fsp3) is 0.462. The Bertz CT molecular complexity index is 356. The number of thioether (sulfide) groups is 1. The number of benzene rings is 1. The molecule has 0 fully saturated rings. The van der Waals surface area contributed by atoms with E-state index in [4.69, 9.17) is 0 Å². The van der Waals surface area contributed by atoms with Crippen molar-refractivity contribution in [3.63, 3.8) is 0 Å². The van der Waals surface area contributed by atoms with Crippen LogP contribution in [0, 0.1) is 13.8 Å². The predicted octanol–water partition coefficient (Wildman–Crippen LogP) is 3.63. The number of hydrogen-bond acceptors (Lipinski definition) is 2. The molecule has 1 rings (SSSR count). The third-order valence-corrected chi connectivity index (χ3v) is 3.33. The third kappa shape index (κ3) is 3.71. The van der Waals surface area contributed by atoms with Gasteiger partial charge in [-0.25, -0.2) is 0 Å². The minimum absolute atomic E-state index is 0.242. The maximum absolute atomic E-state index is 11.9. The number of ketones is 1. The van der Waals surface area contributed by atoms with Crippen LogP contribution in [0.25, 0.3) is 0 Å². The number of hydrogen-bond donors (Lipinski definition) is 0. The normalized spacial score (nSPS) is 10.7. The van der Waals surface area contributed by atoms with E-state index in [0.29, 0.717) is 11.0 Å². The quantitative estimate of drug-likeness (QED) is 0.724. The molecule has 15 heavy (non-hydrogen) atoms. The maximum atomic E-state index is 11.9. The summed E-state index contributed by atoms with van der Waals surface area (Å²) in [5.74, 6) is 0.827. The highest BCUT2D eigenvalue weighted by Gasteiger charge is 2.09. The van der Waals surface area contributed by atoms with Crippen molar-refractivity contribution in [2.24, 2.45) is 0 Å². The van der Waals surface area contributed by atoms with E-state index in [9.17, 15) is 4.79 Å². The Morgan fingerprint density at radius 2 is 2.00 bits per heavy atom. The third-order valence-electron chi connectivity index (χ3n) is 2.23. The van der Waals surface area contributed by atoms with E-state index in [1.807, 2.05) is 26.0 Å². The molecule has 0 amide bonds. The molecule has 0 aliphatic heterocycles. The first-order valence-electron chi connectivity index (χ1n) is 5.22. The lowest BCUT2D eigenvalue weighted by atomic mass is 10.0. The van der Waals surface area contributed by atoms with Crippen LogP contribution in [0.5, 0.6) is 0 Å². The van der Waals surface area contributed by atoms with Crippen LogP contribution in [-0.2, 0) is 0 Å². The van der Waals surface area contributed by atoms with Crippen LogP contribution in [0.1, 0.15) is 35.3 Å². The van der Waals surface area contributed by atoms with Crippen LogP contribution in [-0.4, -0.2) is 16.8 Å². The summed E-state index contributed by atoms with van der Waals surface area (Å²) in [6.45, 7) is 8.27. The molecule has 0 N–H and O–H groups in total. The second-order valence-electron chi connectivity index (χ2n) is 4.10. The number of carbonyl (C=O) groups excluding carboxylic acids is 1. The van der Waals surface area contributed by atoms with E-state index in [-0.39, 0.29) is 5.78 Å². The standard InChI is InChI=1S/C13H18OS/c1-9(2)15-8-13(14)12-6-5-10(3)7-11(12)4/h5-7,9H,8H2,1-4H3. The number of carbonyl (C=O) groups is 1. The van der Waals surface area contributed by atoms with Gasteiger partial charge in [0.25, 0.3) is 0 Å². The van der Waals surface area contributed by atoms with E-state index >= 15 is 0 Å². The van der Waals surface area contributed by atoms with Crippen LogP contribution in [0.3, 0.4) is 0 Å². The van der Waals surface area contributed by atoms with Crippen molar-refractivity contribution in [3.05, 3.63) is 34.9 Å². The molecule has 0 saturated heterocycles. The molecule has 2 heteroatoms. The highest BCUT2D eigenvalue weighted by atomic mass is 32.2. The van der Waals surface area contributed by atoms with E-state index in [1.54, 1.807) is 11.8 Å². The SMILES string of the molecule is Cc1ccc(C(=O)CSC(C)C)c(C)c1. The van der Waals surface area contributed by atoms with Gasteiger partial charge in [0.05, 0.1) is 5.75 Å². The first-order chi connectivity index (χ1) is 7.00. The molecule has 0 unspecified atom stereocenters. The van der Waals surface area contributed by atoms with Crippen molar-refractivity contribution in [2.75, 3.05) is 5.75 Å². The molecule has 0 aliphatic carbocycles. The Hall–Kier alpha value is -0.760. The zero-order chi connectivity index (χ0) is 11.4. The Kier molecular flexibility index (Phi) is 4.40. The molecule has 0 spiro atoms. The lowest BCUT2D eigenvalue weighted by Gasteiger charge is -2.07. The zero-order valence-corrected chi connectivity index (χ0v) is 10.6. The molecule has 82 valence electrons. The van der Waals surface area contributed by atoms with Gasteiger partial charge < -0.3 is 0 Å². The van der Waals surface area contributed by atoms with Gasteiger partial charge in [-0.1, -0.05) is 37.6 Å². The van der Waals surface area contributed by atoms with Crippen molar-refractivity contribution in [1.82, 2.24) is 0 Å². The molecule has 0 heterocycles. The van der Waals surface area contributed by atoms with Crippen LogP contribution in [0.4, 0.5) is 0 Å². The molecular formula is C13H18OS. The van der Waals surface area contributed by atoms with Crippen molar-refractivity contribution >= 4 is 17.5 Å². The monoisotopic (exact) mass is 222 g/mol. The molecule has 1 aromatic carbocycles. The van der Waals surface area contributed by atoms with E-state index in [0.717, 1.165) is 11.1 Å².